The van der Waals surface area contributed by atoms with E-state index >= 15 is 0 Å². The SMILES string of the molecule is CCCOc1cccc(NC(=O)NC2CCCCC2)c1. The number of benzene rings is 1. The van der Waals surface area contributed by atoms with Crippen LogP contribution in [0.2, 0.25) is 0 Å². The van der Waals surface area contributed by atoms with Gasteiger partial charge in [-0.05, 0) is 31.4 Å². The first-order chi connectivity index (χ1) is 9.78. The molecule has 0 aromatic heterocycles. The van der Waals surface area contributed by atoms with E-state index in [4.69, 9.17) is 4.74 Å². The molecule has 0 atom stereocenters. The van der Waals surface area contributed by atoms with Crippen molar-refractivity contribution in [3.63, 3.8) is 0 Å². The molecule has 2 amide bonds. The maximum Gasteiger partial charge on any atom is 0.319 e. The summed E-state index contributed by atoms with van der Waals surface area (Å²) < 4.78 is 5.56. The van der Waals surface area contributed by atoms with Crippen LogP contribution in [0.15, 0.2) is 24.3 Å². The van der Waals surface area contributed by atoms with E-state index in [1.165, 1.54) is 19.3 Å². The molecule has 1 aromatic carbocycles. The largest absolute Gasteiger partial charge is 0.494 e. The van der Waals surface area contributed by atoms with Gasteiger partial charge in [0, 0.05) is 17.8 Å². The average Bonchev–Trinajstić information content (AvgIpc) is 2.46. The first-order valence-electron chi connectivity index (χ1n) is 7.58. The van der Waals surface area contributed by atoms with Gasteiger partial charge >= 0.3 is 6.03 Å². The Morgan fingerprint density at radius 3 is 2.85 bits per heavy atom. The van der Waals surface area contributed by atoms with E-state index < -0.39 is 0 Å². The number of ether oxygens (including phenoxy) is 1. The van der Waals surface area contributed by atoms with Crippen LogP contribution in [0.5, 0.6) is 5.75 Å². The Bertz CT molecular complexity index is 428. The number of nitrogens with one attached hydrogen (secondary N) is 2. The van der Waals surface area contributed by atoms with Crippen LogP contribution in [0.4, 0.5) is 10.5 Å². The van der Waals surface area contributed by atoms with Crippen molar-refractivity contribution >= 4 is 11.7 Å². The normalized spacial score (nSPS) is 15.7. The van der Waals surface area contributed by atoms with Gasteiger partial charge in [0.2, 0.25) is 0 Å². The fourth-order valence-electron chi connectivity index (χ4n) is 2.48. The Kier molecular flexibility index (Phi) is 5.71. The molecule has 2 rings (SSSR count). The van der Waals surface area contributed by atoms with Gasteiger partial charge in [-0.15, -0.1) is 0 Å². The van der Waals surface area contributed by atoms with Gasteiger partial charge < -0.3 is 15.4 Å². The molecule has 1 aromatic rings. The number of hydrogen-bond donors (Lipinski definition) is 2. The van der Waals surface area contributed by atoms with E-state index in [-0.39, 0.29) is 6.03 Å². The predicted molar refractivity (Wildman–Crippen MR) is 81.3 cm³/mol. The van der Waals surface area contributed by atoms with Crippen molar-refractivity contribution in [2.24, 2.45) is 0 Å². The summed E-state index contributed by atoms with van der Waals surface area (Å²) in [5.74, 6) is 0.794. The lowest BCUT2D eigenvalue weighted by Crippen LogP contribution is -2.38. The molecule has 1 aliphatic carbocycles. The monoisotopic (exact) mass is 276 g/mol. The lowest BCUT2D eigenvalue weighted by molar-refractivity contribution is 0.244. The first kappa shape index (κ1) is 14.7. The third-order valence-electron chi connectivity index (χ3n) is 3.51. The van der Waals surface area contributed by atoms with E-state index in [1.807, 2.05) is 24.3 Å². The summed E-state index contributed by atoms with van der Waals surface area (Å²) in [6.07, 6.45) is 6.87. The van der Waals surface area contributed by atoms with E-state index in [0.717, 1.165) is 30.7 Å². The van der Waals surface area contributed by atoms with Crippen molar-refractivity contribution in [3.05, 3.63) is 24.3 Å². The zero-order chi connectivity index (χ0) is 14.2. The van der Waals surface area contributed by atoms with Crippen LogP contribution in [0.3, 0.4) is 0 Å². The molecule has 2 N–H and O–H groups in total. The summed E-state index contributed by atoms with van der Waals surface area (Å²) in [6.45, 7) is 2.76. The van der Waals surface area contributed by atoms with Gasteiger partial charge in [-0.1, -0.05) is 32.3 Å². The van der Waals surface area contributed by atoms with Gasteiger partial charge in [-0.2, -0.15) is 0 Å². The minimum atomic E-state index is -0.121. The van der Waals surface area contributed by atoms with Crippen LogP contribution in [0, 0.1) is 0 Å². The van der Waals surface area contributed by atoms with Crippen molar-refractivity contribution in [3.8, 4) is 5.75 Å². The van der Waals surface area contributed by atoms with Crippen LogP contribution >= 0.6 is 0 Å². The molecule has 1 aliphatic rings. The second-order valence-electron chi connectivity index (χ2n) is 5.31. The predicted octanol–water partition coefficient (Wildman–Crippen LogP) is 3.93. The molecular weight excluding hydrogens is 252 g/mol. The average molecular weight is 276 g/mol. The highest BCUT2D eigenvalue weighted by molar-refractivity contribution is 5.89. The molecule has 1 fully saturated rings. The van der Waals surface area contributed by atoms with Gasteiger partial charge in [0.1, 0.15) is 5.75 Å². The third kappa shape index (κ3) is 4.76. The highest BCUT2D eigenvalue weighted by Crippen LogP contribution is 2.19. The summed E-state index contributed by atoms with van der Waals surface area (Å²) in [5, 5.41) is 5.92. The van der Waals surface area contributed by atoms with Crippen molar-refractivity contribution in [1.82, 2.24) is 5.32 Å². The fraction of sp³-hybridized carbons (Fsp3) is 0.562. The summed E-state index contributed by atoms with van der Waals surface area (Å²) in [4.78, 5) is 11.9. The minimum absolute atomic E-state index is 0.121. The van der Waals surface area contributed by atoms with E-state index in [2.05, 4.69) is 17.6 Å². The van der Waals surface area contributed by atoms with Crippen LogP contribution in [-0.4, -0.2) is 18.7 Å². The number of urea groups is 1. The van der Waals surface area contributed by atoms with E-state index in [1.54, 1.807) is 0 Å². The Morgan fingerprint density at radius 2 is 2.10 bits per heavy atom. The van der Waals surface area contributed by atoms with Crippen molar-refractivity contribution in [2.45, 2.75) is 51.5 Å². The van der Waals surface area contributed by atoms with Crippen LogP contribution in [0.25, 0.3) is 0 Å². The van der Waals surface area contributed by atoms with Crippen molar-refractivity contribution in [1.29, 1.82) is 0 Å². The topological polar surface area (TPSA) is 50.4 Å². The molecule has 4 nitrogen and oxygen atoms in total. The summed E-state index contributed by atoms with van der Waals surface area (Å²) in [7, 11) is 0. The molecule has 0 radical (unpaired) electrons. The first-order valence-corrected chi connectivity index (χ1v) is 7.58. The summed E-state index contributed by atoms with van der Waals surface area (Å²) >= 11 is 0. The molecule has 20 heavy (non-hydrogen) atoms. The molecular formula is C16H24N2O2. The lowest BCUT2D eigenvalue weighted by Gasteiger charge is -2.22. The van der Waals surface area contributed by atoms with Gasteiger partial charge in [-0.25, -0.2) is 4.79 Å². The maximum absolute atomic E-state index is 11.9. The molecule has 0 heterocycles. The second kappa shape index (κ2) is 7.78. The lowest BCUT2D eigenvalue weighted by atomic mass is 9.96. The summed E-state index contributed by atoms with van der Waals surface area (Å²) in [5.41, 5.74) is 0.770. The van der Waals surface area contributed by atoms with E-state index in [9.17, 15) is 4.79 Å². The fourth-order valence-corrected chi connectivity index (χ4v) is 2.48. The van der Waals surface area contributed by atoms with Crippen LogP contribution in [-0.2, 0) is 0 Å². The molecule has 4 heteroatoms. The number of anilines is 1. The smallest absolute Gasteiger partial charge is 0.319 e. The van der Waals surface area contributed by atoms with Crippen molar-refractivity contribution < 1.29 is 9.53 Å². The summed E-state index contributed by atoms with van der Waals surface area (Å²) in [6, 6.07) is 7.73. The van der Waals surface area contributed by atoms with Crippen LogP contribution < -0.4 is 15.4 Å². The maximum atomic E-state index is 11.9. The molecule has 0 aliphatic heterocycles. The Labute approximate surface area is 120 Å². The quantitative estimate of drug-likeness (QED) is 0.856. The number of rotatable bonds is 5. The number of amides is 2. The Morgan fingerprint density at radius 1 is 1.30 bits per heavy atom. The van der Waals surface area contributed by atoms with Gasteiger partial charge in [-0.3, -0.25) is 0 Å². The molecule has 110 valence electrons. The number of hydrogen-bond acceptors (Lipinski definition) is 2. The Balaban J connectivity index is 1.83. The van der Waals surface area contributed by atoms with Gasteiger partial charge in [0.25, 0.3) is 0 Å². The number of carbonyl (C=O) groups is 1. The zero-order valence-corrected chi connectivity index (χ0v) is 12.2. The standard InChI is InChI=1S/C16H24N2O2/c1-2-11-20-15-10-6-9-14(12-15)18-16(19)17-13-7-4-3-5-8-13/h6,9-10,12-13H,2-5,7-8,11H2,1H3,(H2,17,18,19). The Hall–Kier alpha value is -1.71. The highest BCUT2D eigenvalue weighted by atomic mass is 16.5. The molecule has 0 spiro atoms. The van der Waals surface area contributed by atoms with E-state index in [0.29, 0.717) is 12.6 Å². The molecule has 0 saturated heterocycles. The van der Waals surface area contributed by atoms with Crippen molar-refractivity contribution in [2.75, 3.05) is 11.9 Å². The number of carbonyl (C=O) groups excluding carboxylic acids is 1. The van der Waals surface area contributed by atoms with Gasteiger partial charge in [0.05, 0.1) is 6.61 Å². The molecule has 0 bridgehead atoms. The van der Waals surface area contributed by atoms with Crippen LogP contribution in [0.1, 0.15) is 45.4 Å². The third-order valence-corrected chi connectivity index (χ3v) is 3.51. The minimum Gasteiger partial charge on any atom is -0.494 e. The highest BCUT2D eigenvalue weighted by Gasteiger charge is 2.15. The molecule has 1 saturated carbocycles. The second-order valence-corrected chi connectivity index (χ2v) is 5.31. The molecule has 0 unspecified atom stereocenters. The van der Waals surface area contributed by atoms with Gasteiger partial charge in [0.15, 0.2) is 0 Å². The zero-order valence-electron chi connectivity index (χ0n) is 12.2.